The summed E-state index contributed by atoms with van der Waals surface area (Å²) >= 11 is 0. The van der Waals surface area contributed by atoms with Crippen molar-refractivity contribution in [2.75, 3.05) is 13.7 Å². The number of ether oxygens (including phenoxy) is 2. The number of aliphatic hydroxyl groups excluding tert-OH is 1. The molecule has 0 radical (unpaired) electrons. The number of hydrogen-bond acceptors (Lipinski definition) is 6. The van der Waals surface area contributed by atoms with Gasteiger partial charge in [0.25, 0.3) is 0 Å². The van der Waals surface area contributed by atoms with Crippen LogP contribution in [-0.2, 0) is 25.5 Å². The first-order valence-corrected chi connectivity index (χ1v) is 16.5. The van der Waals surface area contributed by atoms with Gasteiger partial charge >= 0.3 is 11.9 Å². The minimum absolute atomic E-state index is 0.0814. The van der Waals surface area contributed by atoms with E-state index in [1.807, 2.05) is 58.9 Å². The van der Waals surface area contributed by atoms with Gasteiger partial charge in [-0.1, -0.05) is 106 Å². The Labute approximate surface area is 272 Å². The summed E-state index contributed by atoms with van der Waals surface area (Å²) in [5, 5.41) is 8.03. The molecule has 1 unspecified atom stereocenters. The van der Waals surface area contributed by atoms with E-state index >= 15 is 0 Å². The Kier molecular flexibility index (Phi) is 18.2. The minimum Gasteiger partial charge on any atom is -0.461 e. The molecule has 6 heteroatoms. The topological polar surface area (TPSA) is 86.0 Å². The van der Waals surface area contributed by atoms with Crippen LogP contribution in [0.3, 0.4) is 0 Å². The highest BCUT2D eigenvalue weighted by molar-refractivity contribution is 5.90. The lowest BCUT2D eigenvalue weighted by atomic mass is 9.88. The summed E-state index contributed by atoms with van der Waals surface area (Å²) in [5.41, 5.74) is 4.60. The van der Waals surface area contributed by atoms with Crippen LogP contribution >= 0.6 is 0 Å². The first kappa shape index (κ1) is 39.6. The SMILES string of the molecule is CC.CCCC(C/C=C1\CC(COC(=O)C(C)(C)Cc2cc3cc(C)ccc3o2)OC1=O)CCC.CO.Cc1ccc(C)cc1. The summed E-state index contributed by atoms with van der Waals surface area (Å²) in [6, 6.07) is 16.5. The molecule has 1 N–H and O–H groups in total. The van der Waals surface area contributed by atoms with Crippen molar-refractivity contribution in [2.24, 2.45) is 11.3 Å². The highest BCUT2D eigenvalue weighted by Crippen LogP contribution is 2.30. The van der Waals surface area contributed by atoms with Crippen LogP contribution in [0.15, 0.2) is 64.6 Å². The Morgan fingerprint density at radius 1 is 0.956 bits per heavy atom. The lowest BCUT2D eigenvalue weighted by Gasteiger charge is -2.22. The third kappa shape index (κ3) is 13.7. The molecular formula is C39H58O6. The second-order valence-corrected chi connectivity index (χ2v) is 12.2. The lowest BCUT2D eigenvalue weighted by molar-refractivity contribution is -0.160. The molecule has 6 nitrogen and oxygen atoms in total. The minimum atomic E-state index is -0.752. The fourth-order valence-corrected chi connectivity index (χ4v) is 5.18. The van der Waals surface area contributed by atoms with Crippen molar-refractivity contribution in [3.8, 4) is 0 Å². The van der Waals surface area contributed by atoms with Gasteiger partial charge in [0.2, 0.25) is 0 Å². The number of rotatable bonds is 11. The zero-order valence-electron chi connectivity index (χ0n) is 29.5. The van der Waals surface area contributed by atoms with Crippen LogP contribution in [0, 0.1) is 32.1 Å². The van der Waals surface area contributed by atoms with Gasteiger partial charge in [-0.3, -0.25) is 4.79 Å². The number of allylic oxidation sites excluding steroid dienone is 1. The zero-order valence-corrected chi connectivity index (χ0v) is 29.5. The van der Waals surface area contributed by atoms with Crippen molar-refractivity contribution in [1.82, 2.24) is 0 Å². The van der Waals surface area contributed by atoms with E-state index in [0.717, 1.165) is 43.1 Å². The first-order valence-electron chi connectivity index (χ1n) is 16.5. The molecule has 0 bridgehead atoms. The lowest BCUT2D eigenvalue weighted by Crippen LogP contribution is -2.31. The van der Waals surface area contributed by atoms with Gasteiger partial charge in [0.05, 0.1) is 5.41 Å². The standard InChI is InChI=1S/C28H38O5.C8H10.C2H6.CH4O/c1-6-8-20(9-7-2)11-12-21-15-24(33-26(21)29)18-31-27(30)28(4,5)17-23-16-22-14-19(3)10-13-25(22)32-23;1-7-3-5-8(2)6-4-7;2*1-2/h10,12-14,16,20,24H,6-9,11,15,17-18H2,1-5H3;3-6H,1-2H3;1-2H3;2H,1H3/b21-12+;;;. The number of aryl methyl sites for hydroxylation is 3. The van der Waals surface area contributed by atoms with Gasteiger partial charge in [-0.25, -0.2) is 4.79 Å². The Balaban J connectivity index is 0.000000715. The molecular weight excluding hydrogens is 564 g/mol. The average molecular weight is 623 g/mol. The van der Waals surface area contributed by atoms with Crippen LogP contribution in [0.5, 0.6) is 0 Å². The van der Waals surface area contributed by atoms with E-state index in [9.17, 15) is 9.59 Å². The molecule has 3 aromatic rings. The number of carbonyl (C=O) groups excluding carboxylic acids is 2. The maximum atomic E-state index is 12.8. The summed E-state index contributed by atoms with van der Waals surface area (Å²) in [6.45, 7) is 18.4. The average Bonchev–Trinajstić information content (AvgIpc) is 3.59. The third-order valence-electron chi connectivity index (χ3n) is 7.59. The molecule has 1 saturated heterocycles. The largest absolute Gasteiger partial charge is 0.461 e. The maximum absolute atomic E-state index is 12.8. The van der Waals surface area contributed by atoms with E-state index < -0.39 is 11.5 Å². The molecule has 4 rings (SSSR count). The highest BCUT2D eigenvalue weighted by atomic mass is 16.6. The van der Waals surface area contributed by atoms with Crippen LogP contribution < -0.4 is 0 Å². The van der Waals surface area contributed by atoms with E-state index in [4.69, 9.17) is 19.0 Å². The fourth-order valence-electron chi connectivity index (χ4n) is 5.18. The molecule has 0 spiro atoms. The van der Waals surface area contributed by atoms with Gasteiger partial charge in [0.15, 0.2) is 0 Å². The van der Waals surface area contributed by atoms with E-state index in [-0.39, 0.29) is 18.5 Å². The summed E-state index contributed by atoms with van der Waals surface area (Å²) < 4.78 is 16.9. The van der Waals surface area contributed by atoms with Gasteiger partial charge in [-0.2, -0.15) is 0 Å². The molecule has 1 fully saturated rings. The maximum Gasteiger partial charge on any atom is 0.334 e. The van der Waals surface area contributed by atoms with E-state index in [2.05, 4.69) is 58.0 Å². The van der Waals surface area contributed by atoms with Crippen LogP contribution in [0.2, 0.25) is 0 Å². The number of cyclic esters (lactones) is 1. The van der Waals surface area contributed by atoms with Crippen LogP contribution in [0.4, 0.5) is 0 Å². The molecule has 1 aliphatic heterocycles. The Morgan fingerprint density at radius 2 is 1.51 bits per heavy atom. The van der Waals surface area contributed by atoms with Gasteiger partial charge in [-0.05, 0) is 65.2 Å². The normalized spacial score (nSPS) is 15.0. The van der Waals surface area contributed by atoms with E-state index in [0.29, 0.717) is 24.3 Å². The van der Waals surface area contributed by atoms with Gasteiger partial charge in [0, 0.05) is 30.9 Å². The van der Waals surface area contributed by atoms with Crippen molar-refractivity contribution in [2.45, 2.75) is 113 Å². The Hall–Kier alpha value is -3.38. The van der Waals surface area contributed by atoms with Crippen molar-refractivity contribution in [3.05, 3.63) is 82.6 Å². The number of fused-ring (bicyclic) bond motifs is 1. The molecule has 2 aromatic carbocycles. The van der Waals surface area contributed by atoms with Gasteiger partial charge in [-0.15, -0.1) is 0 Å². The van der Waals surface area contributed by atoms with Gasteiger partial charge < -0.3 is 19.0 Å². The molecule has 1 atom stereocenters. The Bertz CT molecular complexity index is 1290. The monoisotopic (exact) mass is 622 g/mol. The van der Waals surface area contributed by atoms with Crippen molar-refractivity contribution in [1.29, 1.82) is 0 Å². The predicted octanol–water partition coefficient (Wildman–Crippen LogP) is 9.64. The number of esters is 2. The molecule has 1 aromatic heterocycles. The third-order valence-corrected chi connectivity index (χ3v) is 7.59. The first-order chi connectivity index (χ1) is 21.5. The summed E-state index contributed by atoms with van der Waals surface area (Å²) in [6.07, 6.45) is 8.12. The zero-order chi connectivity index (χ0) is 34.0. The van der Waals surface area contributed by atoms with Crippen molar-refractivity contribution in [3.63, 3.8) is 0 Å². The molecule has 1 aliphatic rings. The molecule has 250 valence electrons. The highest BCUT2D eigenvalue weighted by Gasteiger charge is 2.34. The Morgan fingerprint density at radius 3 is 2.07 bits per heavy atom. The fraction of sp³-hybridized carbons (Fsp3) is 0.538. The number of carbonyl (C=O) groups is 2. The van der Waals surface area contributed by atoms with Crippen LogP contribution in [0.1, 0.15) is 103 Å². The van der Waals surface area contributed by atoms with E-state index in [1.54, 1.807) is 0 Å². The smallest absolute Gasteiger partial charge is 0.334 e. The molecule has 45 heavy (non-hydrogen) atoms. The van der Waals surface area contributed by atoms with Gasteiger partial charge in [0.1, 0.15) is 24.1 Å². The number of benzene rings is 2. The number of furan rings is 1. The summed E-state index contributed by atoms with van der Waals surface area (Å²) in [4.78, 5) is 25.1. The second kappa shape index (κ2) is 20.6. The molecule has 0 aliphatic carbocycles. The molecule has 0 saturated carbocycles. The van der Waals surface area contributed by atoms with Crippen molar-refractivity contribution < 1.29 is 28.6 Å². The second-order valence-electron chi connectivity index (χ2n) is 12.2. The number of aliphatic hydroxyl groups is 1. The van der Waals surface area contributed by atoms with E-state index in [1.165, 1.54) is 29.5 Å². The summed E-state index contributed by atoms with van der Waals surface area (Å²) in [5.74, 6) is 0.766. The van der Waals surface area contributed by atoms with Crippen LogP contribution in [-0.4, -0.2) is 36.9 Å². The van der Waals surface area contributed by atoms with Crippen molar-refractivity contribution >= 4 is 22.9 Å². The quantitative estimate of drug-likeness (QED) is 0.169. The summed E-state index contributed by atoms with van der Waals surface area (Å²) in [7, 11) is 1.00. The molecule has 2 heterocycles. The van der Waals surface area contributed by atoms with Crippen LogP contribution in [0.25, 0.3) is 11.0 Å². The predicted molar refractivity (Wildman–Crippen MR) is 185 cm³/mol. The number of hydrogen-bond donors (Lipinski definition) is 1. The molecule has 0 amide bonds.